The van der Waals surface area contributed by atoms with Gasteiger partial charge in [-0.15, -0.1) is 0 Å². The minimum absolute atomic E-state index is 0.0882. The van der Waals surface area contributed by atoms with Crippen molar-refractivity contribution in [1.82, 2.24) is 19.6 Å². The van der Waals surface area contributed by atoms with E-state index in [1.54, 1.807) is 42.6 Å². The van der Waals surface area contributed by atoms with Gasteiger partial charge >= 0.3 is 5.69 Å². The van der Waals surface area contributed by atoms with Crippen LogP contribution in [0.25, 0.3) is 0 Å². The van der Waals surface area contributed by atoms with E-state index in [1.807, 2.05) is 0 Å². The van der Waals surface area contributed by atoms with Crippen molar-refractivity contribution in [2.45, 2.75) is 13.1 Å². The highest BCUT2D eigenvalue weighted by atomic mass is 35.5. The zero-order chi connectivity index (χ0) is 22.7. The fraction of sp³-hybridized carbons (Fsp3) is 0.0952. The zero-order valence-corrected chi connectivity index (χ0v) is 17.2. The van der Waals surface area contributed by atoms with Crippen LogP contribution in [0.2, 0.25) is 5.02 Å². The SMILES string of the molecule is O=C(Nc1nn(Cc2cccc(F)c2)cc1Cl)c1ccc(Cn2cc([N+](=O)[O-])cn2)cc1. The van der Waals surface area contributed by atoms with Gasteiger partial charge < -0.3 is 5.32 Å². The molecule has 2 aromatic heterocycles. The van der Waals surface area contributed by atoms with Gasteiger partial charge in [0.1, 0.15) is 23.2 Å². The number of amides is 1. The standard InChI is InChI=1S/C21H16ClFN6O3/c22-19-13-28(11-15-2-1-3-17(23)8-15)26-20(19)25-21(30)16-6-4-14(5-7-16)10-27-12-18(9-24-27)29(31)32/h1-9,12-13H,10-11H2,(H,25,26,30). The Kier molecular flexibility index (Phi) is 5.95. The molecule has 32 heavy (non-hydrogen) atoms. The number of hydrogen-bond donors (Lipinski definition) is 1. The predicted molar refractivity (Wildman–Crippen MR) is 115 cm³/mol. The summed E-state index contributed by atoms with van der Waals surface area (Å²) >= 11 is 6.18. The molecule has 4 aromatic rings. The summed E-state index contributed by atoms with van der Waals surface area (Å²) in [6.45, 7) is 0.625. The summed E-state index contributed by atoms with van der Waals surface area (Å²) < 4.78 is 16.3. The lowest BCUT2D eigenvalue weighted by Gasteiger charge is -2.05. The minimum Gasteiger partial charge on any atom is -0.304 e. The van der Waals surface area contributed by atoms with Crippen LogP contribution in [0.15, 0.2) is 67.1 Å². The minimum atomic E-state index is -0.512. The highest BCUT2D eigenvalue weighted by Crippen LogP contribution is 2.21. The van der Waals surface area contributed by atoms with E-state index in [-0.39, 0.29) is 22.3 Å². The van der Waals surface area contributed by atoms with E-state index < -0.39 is 10.8 Å². The summed E-state index contributed by atoms with van der Waals surface area (Å²) in [5.41, 5.74) is 1.82. The van der Waals surface area contributed by atoms with Crippen LogP contribution in [0.1, 0.15) is 21.5 Å². The van der Waals surface area contributed by atoms with E-state index in [4.69, 9.17) is 11.6 Å². The van der Waals surface area contributed by atoms with Gasteiger partial charge in [0.2, 0.25) is 0 Å². The average Bonchev–Trinajstić information content (AvgIpc) is 3.35. The monoisotopic (exact) mass is 454 g/mol. The molecule has 0 bridgehead atoms. The second-order valence-electron chi connectivity index (χ2n) is 6.96. The number of hydrogen-bond acceptors (Lipinski definition) is 5. The van der Waals surface area contributed by atoms with Gasteiger partial charge in [-0.25, -0.2) is 4.39 Å². The van der Waals surface area contributed by atoms with Gasteiger partial charge in [-0.2, -0.15) is 10.2 Å². The molecular formula is C21H16ClFN6O3. The third-order valence-corrected chi connectivity index (χ3v) is 4.85. The van der Waals surface area contributed by atoms with Crippen LogP contribution in [0.4, 0.5) is 15.9 Å². The molecule has 0 aliphatic rings. The molecule has 4 rings (SSSR count). The second kappa shape index (κ2) is 8.98. The van der Waals surface area contributed by atoms with Crippen LogP contribution in [0.3, 0.4) is 0 Å². The van der Waals surface area contributed by atoms with Crippen molar-refractivity contribution < 1.29 is 14.1 Å². The van der Waals surface area contributed by atoms with Crippen molar-refractivity contribution in [3.63, 3.8) is 0 Å². The Labute approximate surface area is 186 Å². The summed E-state index contributed by atoms with van der Waals surface area (Å²) in [7, 11) is 0. The van der Waals surface area contributed by atoms with E-state index in [0.29, 0.717) is 24.2 Å². The molecule has 0 saturated carbocycles. The summed E-state index contributed by atoms with van der Waals surface area (Å²) in [4.78, 5) is 22.8. The Balaban J connectivity index is 1.40. The number of benzene rings is 2. The Hall–Kier alpha value is -4.05. The molecule has 2 heterocycles. The van der Waals surface area contributed by atoms with Crippen LogP contribution in [0.5, 0.6) is 0 Å². The molecule has 2 aromatic carbocycles. The molecule has 0 aliphatic carbocycles. The zero-order valence-electron chi connectivity index (χ0n) is 16.5. The van der Waals surface area contributed by atoms with E-state index >= 15 is 0 Å². The molecule has 0 radical (unpaired) electrons. The van der Waals surface area contributed by atoms with Gasteiger partial charge in [0.05, 0.1) is 18.0 Å². The molecule has 1 N–H and O–H groups in total. The lowest BCUT2D eigenvalue weighted by atomic mass is 10.1. The molecular weight excluding hydrogens is 439 g/mol. The number of rotatable bonds is 7. The first kappa shape index (κ1) is 21.2. The maximum atomic E-state index is 13.4. The number of carbonyl (C=O) groups excluding carboxylic acids is 1. The van der Waals surface area contributed by atoms with E-state index in [2.05, 4.69) is 15.5 Å². The number of nitrogens with zero attached hydrogens (tertiary/aromatic N) is 5. The Morgan fingerprint density at radius 3 is 2.53 bits per heavy atom. The smallest absolute Gasteiger partial charge is 0.304 e. The first-order valence-electron chi connectivity index (χ1n) is 9.42. The molecule has 0 fully saturated rings. The number of halogens is 2. The van der Waals surface area contributed by atoms with E-state index in [0.717, 1.165) is 5.56 Å². The number of carbonyl (C=O) groups is 1. The van der Waals surface area contributed by atoms with Gasteiger partial charge in [0.25, 0.3) is 5.91 Å². The van der Waals surface area contributed by atoms with Gasteiger partial charge in [-0.05, 0) is 35.4 Å². The van der Waals surface area contributed by atoms with Crippen LogP contribution < -0.4 is 5.32 Å². The Morgan fingerprint density at radius 1 is 1.09 bits per heavy atom. The van der Waals surface area contributed by atoms with Gasteiger partial charge in [-0.1, -0.05) is 35.9 Å². The Morgan fingerprint density at radius 2 is 1.84 bits per heavy atom. The molecule has 0 unspecified atom stereocenters. The van der Waals surface area contributed by atoms with Crippen molar-refractivity contribution >= 4 is 29.0 Å². The predicted octanol–water partition coefficient (Wildman–Crippen LogP) is 4.13. The summed E-state index contributed by atoms with van der Waals surface area (Å²) in [6, 6.07) is 12.8. The number of nitrogens with one attached hydrogen (secondary N) is 1. The quantitative estimate of drug-likeness (QED) is 0.333. The van der Waals surface area contributed by atoms with Gasteiger partial charge in [-0.3, -0.25) is 24.3 Å². The normalized spacial score (nSPS) is 10.8. The number of aromatic nitrogens is 4. The van der Waals surface area contributed by atoms with Crippen molar-refractivity contribution in [3.05, 3.63) is 105 Å². The van der Waals surface area contributed by atoms with E-state index in [1.165, 1.54) is 33.9 Å². The molecule has 162 valence electrons. The van der Waals surface area contributed by atoms with Crippen molar-refractivity contribution in [2.24, 2.45) is 0 Å². The first-order valence-corrected chi connectivity index (χ1v) is 9.80. The summed E-state index contributed by atoms with van der Waals surface area (Å²) in [6.07, 6.45) is 4.07. The number of anilines is 1. The number of nitro groups is 1. The molecule has 0 aliphatic heterocycles. The molecule has 0 atom stereocenters. The Bertz CT molecular complexity index is 1280. The van der Waals surface area contributed by atoms with Crippen molar-refractivity contribution in [2.75, 3.05) is 5.32 Å². The van der Waals surface area contributed by atoms with Crippen LogP contribution in [-0.4, -0.2) is 30.4 Å². The molecule has 9 nitrogen and oxygen atoms in total. The van der Waals surface area contributed by atoms with Crippen LogP contribution in [-0.2, 0) is 13.1 Å². The topological polar surface area (TPSA) is 108 Å². The highest BCUT2D eigenvalue weighted by Gasteiger charge is 2.13. The molecule has 1 amide bonds. The summed E-state index contributed by atoms with van der Waals surface area (Å²) in [5, 5.41) is 21.9. The third-order valence-electron chi connectivity index (χ3n) is 4.57. The average molecular weight is 455 g/mol. The summed E-state index contributed by atoms with van der Waals surface area (Å²) in [5.74, 6) is -0.548. The molecule has 0 spiro atoms. The third kappa shape index (κ3) is 4.98. The lowest BCUT2D eigenvalue weighted by molar-refractivity contribution is -0.385. The van der Waals surface area contributed by atoms with Crippen molar-refractivity contribution in [3.8, 4) is 0 Å². The molecule has 11 heteroatoms. The van der Waals surface area contributed by atoms with Crippen LogP contribution in [0, 0.1) is 15.9 Å². The second-order valence-corrected chi connectivity index (χ2v) is 7.36. The maximum absolute atomic E-state index is 13.4. The fourth-order valence-corrected chi connectivity index (χ4v) is 3.24. The lowest BCUT2D eigenvalue weighted by Crippen LogP contribution is -2.13. The van der Waals surface area contributed by atoms with Crippen LogP contribution >= 0.6 is 11.6 Å². The first-order chi connectivity index (χ1) is 15.4. The van der Waals surface area contributed by atoms with Crippen molar-refractivity contribution in [1.29, 1.82) is 0 Å². The largest absolute Gasteiger partial charge is 0.307 e. The fourth-order valence-electron chi connectivity index (χ4n) is 3.05. The van der Waals surface area contributed by atoms with Gasteiger partial charge in [0.15, 0.2) is 5.82 Å². The van der Waals surface area contributed by atoms with E-state index in [9.17, 15) is 19.3 Å². The van der Waals surface area contributed by atoms with Gasteiger partial charge in [0, 0.05) is 11.8 Å². The molecule has 0 saturated heterocycles. The highest BCUT2D eigenvalue weighted by molar-refractivity contribution is 6.33. The maximum Gasteiger partial charge on any atom is 0.307 e.